The monoisotopic (exact) mass is 326 g/mol. The van der Waals surface area contributed by atoms with Crippen LogP contribution in [-0.4, -0.2) is 40.8 Å². The zero-order valence-corrected chi connectivity index (χ0v) is 13.0. The van der Waals surface area contributed by atoms with Gasteiger partial charge < -0.3 is 0 Å². The van der Waals surface area contributed by atoms with Crippen LogP contribution in [0, 0.1) is 6.92 Å². The molecule has 0 aliphatic carbocycles. The van der Waals surface area contributed by atoms with E-state index in [0.29, 0.717) is 23.7 Å². The van der Waals surface area contributed by atoms with Crippen LogP contribution in [0.5, 0.6) is 0 Å². The molecule has 0 N–H and O–H groups in total. The van der Waals surface area contributed by atoms with Crippen LogP contribution in [0.2, 0.25) is 5.02 Å². The molecule has 21 heavy (non-hydrogen) atoms. The Labute approximate surface area is 128 Å². The molecule has 1 aliphatic rings. The largest absolute Gasteiger partial charge is 0.248 e. The van der Waals surface area contributed by atoms with Crippen molar-refractivity contribution >= 4 is 21.6 Å². The van der Waals surface area contributed by atoms with Gasteiger partial charge in [-0.3, -0.25) is 0 Å². The number of halogens is 1. The molecule has 0 bridgehead atoms. The third-order valence-corrected chi connectivity index (χ3v) is 5.95. The minimum absolute atomic E-state index is 0.0294. The average molecular weight is 327 g/mol. The molecule has 1 aliphatic heterocycles. The zero-order chi connectivity index (χ0) is 15.0. The maximum absolute atomic E-state index is 12.7. The first-order valence-corrected chi connectivity index (χ1v) is 8.42. The van der Waals surface area contributed by atoms with E-state index in [9.17, 15) is 8.42 Å². The highest BCUT2D eigenvalue weighted by atomic mass is 35.5. The normalized spacial score (nSPS) is 20.0. The van der Waals surface area contributed by atoms with Gasteiger partial charge in [0.05, 0.1) is 17.1 Å². The summed E-state index contributed by atoms with van der Waals surface area (Å²) in [5.41, 5.74) is 0.698. The van der Waals surface area contributed by atoms with Gasteiger partial charge in [0.15, 0.2) is 0 Å². The van der Waals surface area contributed by atoms with E-state index in [-0.39, 0.29) is 10.9 Å². The van der Waals surface area contributed by atoms with Crippen molar-refractivity contribution < 1.29 is 8.42 Å². The molecule has 6 nitrogen and oxygen atoms in total. The Morgan fingerprint density at radius 1 is 1.38 bits per heavy atom. The zero-order valence-electron chi connectivity index (χ0n) is 11.5. The van der Waals surface area contributed by atoms with E-state index in [1.165, 1.54) is 10.4 Å². The Hall–Kier alpha value is -1.44. The van der Waals surface area contributed by atoms with Crippen LogP contribution in [0.15, 0.2) is 35.5 Å². The first kappa shape index (κ1) is 14.5. The van der Waals surface area contributed by atoms with Crippen molar-refractivity contribution in [1.82, 2.24) is 19.3 Å². The quantitative estimate of drug-likeness (QED) is 0.863. The molecule has 1 unspecified atom stereocenters. The highest BCUT2D eigenvalue weighted by Crippen LogP contribution is 2.29. The first-order valence-electron chi connectivity index (χ1n) is 6.60. The number of rotatable bonds is 3. The minimum Gasteiger partial charge on any atom is -0.248 e. The van der Waals surface area contributed by atoms with Crippen LogP contribution in [0.4, 0.5) is 0 Å². The molecule has 1 fully saturated rings. The van der Waals surface area contributed by atoms with Crippen LogP contribution >= 0.6 is 11.6 Å². The van der Waals surface area contributed by atoms with Crippen molar-refractivity contribution in [3.05, 3.63) is 41.2 Å². The molecule has 8 heteroatoms. The van der Waals surface area contributed by atoms with E-state index in [0.717, 1.165) is 6.42 Å². The summed E-state index contributed by atoms with van der Waals surface area (Å²) in [5.74, 6) is 0. The lowest BCUT2D eigenvalue weighted by Crippen LogP contribution is -2.30. The summed E-state index contributed by atoms with van der Waals surface area (Å²) in [7, 11) is -3.53. The van der Waals surface area contributed by atoms with Gasteiger partial charge >= 0.3 is 0 Å². The molecule has 0 radical (unpaired) electrons. The summed E-state index contributed by atoms with van der Waals surface area (Å²) >= 11 is 5.93. The van der Waals surface area contributed by atoms with Gasteiger partial charge in [-0.1, -0.05) is 22.9 Å². The molecular formula is C13H15ClN4O2S. The number of sulfonamides is 1. The third-order valence-electron chi connectivity index (χ3n) is 3.71. The van der Waals surface area contributed by atoms with Gasteiger partial charge in [0.1, 0.15) is 0 Å². The van der Waals surface area contributed by atoms with Gasteiger partial charge in [-0.15, -0.1) is 5.10 Å². The van der Waals surface area contributed by atoms with E-state index in [1.807, 2.05) is 0 Å². The Balaban J connectivity index is 1.88. The lowest BCUT2D eigenvalue weighted by molar-refractivity contribution is 0.428. The number of hydrogen-bond donors (Lipinski definition) is 0. The molecule has 3 rings (SSSR count). The van der Waals surface area contributed by atoms with Crippen molar-refractivity contribution in [3.8, 4) is 0 Å². The van der Waals surface area contributed by atoms with E-state index in [2.05, 4.69) is 10.3 Å². The number of aryl methyl sites for hydroxylation is 1. The predicted molar refractivity (Wildman–Crippen MR) is 78.6 cm³/mol. The fourth-order valence-corrected chi connectivity index (χ4v) is 4.53. The average Bonchev–Trinajstić information content (AvgIpc) is 3.11. The molecule has 0 spiro atoms. The predicted octanol–water partition coefficient (Wildman–Crippen LogP) is 1.88. The van der Waals surface area contributed by atoms with Gasteiger partial charge in [-0.05, 0) is 31.0 Å². The summed E-state index contributed by atoms with van der Waals surface area (Å²) in [6, 6.07) is 4.95. The number of hydrogen-bond acceptors (Lipinski definition) is 4. The van der Waals surface area contributed by atoms with Gasteiger partial charge in [-0.25, -0.2) is 13.1 Å². The van der Waals surface area contributed by atoms with Crippen molar-refractivity contribution in [3.63, 3.8) is 0 Å². The fraction of sp³-hybridized carbons (Fsp3) is 0.385. The summed E-state index contributed by atoms with van der Waals surface area (Å²) in [5, 5.41) is 8.13. The smallest absolute Gasteiger partial charge is 0.243 e. The maximum Gasteiger partial charge on any atom is 0.243 e. The second kappa shape index (κ2) is 5.40. The second-order valence-corrected chi connectivity index (χ2v) is 7.44. The van der Waals surface area contributed by atoms with Crippen molar-refractivity contribution in [2.24, 2.45) is 0 Å². The Bertz CT molecular complexity index is 746. The third kappa shape index (κ3) is 2.68. The second-order valence-electron chi connectivity index (χ2n) is 5.10. The standard InChI is InChI=1S/C13H15ClN4O2S/c1-10-2-3-11(14)8-13(10)21(19,20)17-6-4-12(9-17)18-7-5-15-16-18/h2-3,5,7-8,12H,4,6,9H2,1H3. The van der Waals surface area contributed by atoms with Crippen molar-refractivity contribution in [2.45, 2.75) is 24.3 Å². The minimum atomic E-state index is -3.53. The SMILES string of the molecule is Cc1ccc(Cl)cc1S(=O)(=O)N1CCC(n2ccnn2)C1. The Morgan fingerprint density at radius 3 is 2.90 bits per heavy atom. The Morgan fingerprint density at radius 2 is 2.19 bits per heavy atom. The molecular weight excluding hydrogens is 312 g/mol. The van der Waals surface area contributed by atoms with Gasteiger partial charge in [0, 0.05) is 24.3 Å². The molecule has 1 aromatic heterocycles. The lowest BCUT2D eigenvalue weighted by Gasteiger charge is -2.18. The van der Waals surface area contributed by atoms with Crippen LogP contribution in [0.1, 0.15) is 18.0 Å². The molecule has 1 aromatic carbocycles. The van der Waals surface area contributed by atoms with Crippen LogP contribution in [0.25, 0.3) is 0 Å². The molecule has 2 aromatic rings. The molecule has 0 saturated carbocycles. The van der Waals surface area contributed by atoms with E-state index in [4.69, 9.17) is 11.6 Å². The molecule has 0 amide bonds. The topological polar surface area (TPSA) is 68.1 Å². The maximum atomic E-state index is 12.7. The van der Waals surface area contributed by atoms with Crippen LogP contribution in [0.3, 0.4) is 0 Å². The Kier molecular flexibility index (Phi) is 3.73. The molecule has 2 heterocycles. The van der Waals surface area contributed by atoms with Crippen LogP contribution in [-0.2, 0) is 10.0 Å². The van der Waals surface area contributed by atoms with Gasteiger partial charge in [0.2, 0.25) is 10.0 Å². The molecule has 1 saturated heterocycles. The summed E-state index contributed by atoms with van der Waals surface area (Å²) in [6.45, 7) is 2.64. The highest BCUT2D eigenvalue weighted by molar-refractivity contribution is 7.89. The van der Waals surface area contributed by atoms with Crippen LogP contribution < -0.4 is 0 Å². The van der Waals surface area contributed by atoms with Gasteiger partial charge in [0.25, 0.3) is 0 Å². The van der Waals surface area contributed by atoms with E-state index < -0.39 is 10.0 Å². The molecule has 1 atom stereocenters. The molecule has 112 valence electrons. The first-order chi connectivity index (χ1) is 9.98. The summed E-state index contributed by atoms with van der Waals surface area (Å²) < 4.78 is 28.7. The fourth-order valence-electron chi connectivity index (χ4n) is 2.55. The van der Waals surface area contributed by atoms with Crippen molar-refractivity contribution in [2.75, 3.05) is 13.1 Å². The lowest BCUT2D eigenvalue weighted by atomic mass is 10.2. The summed E-state index contributed by atoms with van der Waals surface area (Å²) in [6.07, 6.45) is 4.08. The van der Waals surface area contributed by atoms with E-state index in [1.54, 1.807) is 36.1 Å². The number of aromatic nitrogens is 3. The van der Waals surface area contributed by atoms with Gasteiger partial charge in [-0.2, -0.15) is 4.31 Å². The number of benzene rings is 1. The number of nitrogens with zero attached hydrogens (tertiary/aromatic N) is 4. The van der Waals surface area contributed by atoms with E-state index >= 15 is 0 Å². The summed E-state index contributed by atoms with van der Waals surface area (Å²) in [4.78, 5) is 0.272. The highest BCUT2D eigenvalue weighted by Gasteiger charge is 2.34. The van der Waals surface area contributed by atoms with Crippen molar-refractivity contribution in [1.29, 1.82) is 0 Å².